The van der Waals surface area contributed by atoms with Gasteiger partial charge in [0.05, 0.1) is 16.7 Å². The molecule has 2 N–H and O–H groups in total. The molecule has 0 radical (unpaired) electrons. The van der Waals surface area contributed by atoms with Crippen molar-refractivity contribution >= 4 is 27.8 Å². The van der Waals surface area contributed by atoms with Crippen LogP contribution in [0.4, 0.5) is 15.0 Å². The van der Waals surface area contributed by atoms with Crippen molar-refractivity contribution in [2.75, 3.05) is 44.2 Å². The van der Waals surface area contributed by atoms with Crippen LogP contribution in [0.3, 0.4) is 0 Å². The summed E-state index contributed by atoms with van der Waals surface area (Å²) >= 11 is 0. The van der Waals surface area contributed by atoms with Crippen molar-refractivity contribution in [3.8, 4) is 11.5 Å². The Bertz CT molecular complexity index is 1850. The Morgan fingerprint density at radius 3 is 2.38 bits per heavy atom. The van der Waals surface area contributed by atoms with E-state index in [1.807, 2.05) is 39.8 Å². The normalized spacial score (nSPS) is 19.4. The molecular formula is C37H48FN7O6S. The van der Waals surface area contributed by atoms with Gasteiger partial charge in [0.15, 0.2) is 11.6 Å². The number of carbonyl (C=O) groups excluding carboxylic acids is 1. The lowest BCUT2D eigenvalue weighted by molar-refractivity contribution is 0.0640. The zero-order chi connectivity index (χ0) is 37.2. The van der Waals surface area contributed by atoms with E-state index in [1.54, 1.807) is 23.2 Å². The fourth-order valence-corrected chi connectivity index (χ4v) is 9.27. The second-order valence-electron chi connectivity index (χ2n) is 14.8. The van der Waals surface area contributed by atoms with Gasteiger partial charge in [0, 0.05) is 56.3 Å². The first-order valence-electron chi connectivity index (χ1n) is 17.9. The van der Waals surface area contributed by atoms with Crippen LogP contribution in [0, 0.1) is 11.2 Å². The number of carbonyl (C=O) groups is 2. The Balaban J connectivity index is 1.05. The quantitative estimate of drug-likeness (QED) is 0.270. The van der Waals surface area contributed by atoms with Gasteiger partial charge in [0.2, 0.25) is 10.0 Å². The van der Waals surface area contributed by atoms with Crippen molar-refractivity contribution in [1.29, 1.82) is 0 Å². The van der Waals surface area contributed by atoms with E-state index in [4.69, 9.17) is 9.84 Å². The maximum Gasteiger partial charge on any atom is 0.404 e. The summed E-state index contributed by atoms with van der Waals surface area (Å²) in [5.74, 6) is 0.447. The summed E-state index contributed by atoms with van der Waals surface area (Å²) in [5.41, 5.74) is 1.30. The molecule has 3 aromatic rings. The van der Waals surface area contributed by atoms with Crippen molar-refractivity contribution in [3.05, 3.63) is 71.9 Å². The SMILES string of the molecule is CC(C)N(C(=O)c1cc(F)ccc1Oc1cncnc1N1CC2(CCN(Cc3ccc(S(=O)(=O)N4CCC[C@@H](NC(=O)O)C4)cc3)CC2)C1)C(C)C. The van der Waals surface area contributed by atoms with Gasteiger partial charge in [-0.2, -0.15) is 4.31 Å². The number of nitrogens with zero attached hydrogens (tertiary/aromatic N) is 6. The lowest BCUT2D eigenvalue weighted by Crippen LogP contribution is -2.60. The Morgan fingerprint density at radius 1 is 1.04 bits per heavy atom. The van der Waals surface area contributed by atoms with Crippen LogP contribution in [0.1, 0.15) is 69.3 Å². The summed E-state index contributed by atoms with van der Waals surface area (Å²) in [6.45, 7) is 12.3. The van der Waals surface area contributed by atoms with Crippen molar-refractivity contribution < 1.29 is 32.2 Å². The Kier molecular flexibility index (Phi) is 11.0. The largest absolute Gasteiger partial charge is 0.465 e. The van der Waals surface area contributed by atoms with E-state index in [0.29, 0.717) is 37.5 Å². The molecule has 15 heteroatoms. The number of aromatic nitrogens is 2. The monoisotopic (exact) mass is 737 g/mol. The number of amides is 2. The number of sulfonamides is 1. The predicted molar refractivity (Wildman–Crippen MR) is 193 cm³/mol. The molecule has 52 heavy (non-hydrogen) atoms. The molecule has 1 aromatic heterocycles. The van der Waals surface area contributed by atoms with Gasteiger partial charge in [0.1, 0.15) is 17.9 Å². The molecule has 6 rings (SSSR count). The first-order valence-corrected chi connectivity index (χ1v) is 19.3. The number of ether oxygens (including phenoxy) is 1. The Hall–Kier alpha value is -4.34. The maximum atomic E-state index is 14.4. The van der Waals surface area contributed by atoms with E-state index in [-0.39, 0.29) is 46.2 Å². The molecule has 0 aliphatic carbocycles. The third-order valence-electron chi connectivity index (χ3n) is 10.3. The van der Waals surface area contributed by atoms with Crippen molar-refractivity contribution in [2.45, 2.75) is 82.9 Å². The molecular weight excluding hydrogens is 690 g/mol. The number of halogens is 1. The van der Waals surface area contributed by atoms with Crippen molar-refractivity contribution in [1.82, 2.24) is 29.4 Å². The summed E-state index contributed by atoms with van der Waals surface area (Å²) < 4.78 is 48.6. The molecule has 13 nitrogen and oxygen atoms in total. The van der Waals surface area contributed by atoms with Gasteiger partial charge in [0.25, 0.3) is 5.91 Å². The average Bonchev–Trinajstić information content (AvgIpc) is 3.08. The van der Waals surface area contributed by atoms with E-state index in [2.05, 4.69) is 25.1 Å². The van der Waals surface area contributed by atoms with Crippen LogP contribution in [0.15, 0.2) is 59.9 Å². The zero-order valence-electron chi connectivity index (χ0n) is 30.2. The number of hydrogen-bond donors (Lipinski definition) is 2. The fourth-order valence-electron chi connectivity index (χ4n) is 7.74. The summed E-state index contributed by atoms with van der Waals surface area (Å²) in [7, 11) is -3.73. The van der Waals surface area contributed by atoms with Crippen molar-refractivity contribution in [2.24, 2.45) is 5.41 Å². The third-order valence-corrected chi connectivity index (χ3v) is 12.2. The lowest BCUT2D eigenvalue weighted by Gasteiger charge is -2.54. The second kappa shape index (κ2) is 15.3. The van der Waals surface area contributed by atoms with E-state index in [1.165, 1.54) is 28.8 Å². The van der Waals surface area contributed by atoms with Gasteiger partial charge >= 0.3 is 6.09 Å². The highest BCUT2D eigenvalue weighted by Gasteiger charge is 2.46. The highest BCUT2D eigenvalue weighted by atomic mass is 32.2. The highest BCUT2D eigenvalue weighted by molar-refractivity contribution is 7.89. The molecule has 0 bridgehead atoms. The number of nitrogens with one attached hydrogen (secondary N) is 1. The third kappa shape index (κ3) is 8.16. The van der Waals surface area contributed by atoms with Gasteiger partial charge in [-0.1, -0.05) is 12.1 Å². The van der Waals surface area contributed by atoms with Crippen LogP contribution in [-0.2, 0) is 16.6 Å². The Labute approximate surface area is 304 Å². The topological polar surface area (TPSA) is 149 Å². The van der Waals surface area contributed by atoms with Gasteiger partial charge in [-0.05, 0) is 102 Å². The van der Waals surface area contributed by atoms with Crippen LogP contribution in [0.25, 0.3) is 0 Å². The van der Waals surface area contributed by atoms with Crippen LogP contribution < -0.4 is 15.0 Å². The molecule has 1 atom stereocenters. The number of likely N-dealkylation sites (tertiary alicyclic amines) is 1. The van der Waals surface area contributed by atoms with Crippen LogP contribution in [0.5, 0.6) is 11.5 Å². The molecule has 4 heterocycles. The predicted octanol–water partition coefficient (Wildman–Crippen LogP) is 5.19. The van der Waals surface area contributed by atoms with Crippen LogP contribution >= 0.6 is 0 Å². The molecule has 280 valence electrons. The highest BCUT2D eigenvalue weighted by Crippen LogP contribution is 2.45. The lowest BCUT2D eigenvalue weighted by atomic mass is 9.72. The van der Waals surface area contributed by atoms with Gasteiger partial charge in [-0.25, -0.2) is 27.6 Å². The Morgan fingerprint density at radius 2 is 1.73 bits per heavy atom. The molecule has 3 saturated heterocycles. The summed E-state index contributed by atoms with van der Waals surface area (Å²) in [6, 6.07) is 10.4. The molecule has 0 unspecified atom stereocenters. The summed E-state index contributed by atoms with van der Waals surface area (Å²) in [4.78, 5) is 39.8. The minimum absolute atomic E-state index is 0.0855. The van der Waals surface area contributed by atoms with E-state index >= 15 is 0 Å². The molecule has 0 saturated carbocycles. The van der Waals surface area contributed by atoms with E-state index in [9.17, 15) is 22.4 Å². The molecule has 3 aliphatic rings. The molecule has 2 aromatic carbocycles. The van der Waals surface area contributed by atoms with Crippen LogP contribution in [0.2, 0.25) is 0 Å². The molecule has 3 fully saturated rings. The van der Waals surface area contributed by atoms with Gasteiger partial charge < -0.3 is 25.0 Å². The number of hydrogen-bond acceptors (Lipinski definition) is 9. The molecule has 1 spiro atoms. The fraction of sp³-hybridized carbons (Fsp3) is 0.514. The smallest absolute Gasteiger partial charge is 0.404 e. The standard InChI is InChI=1S/C37H48FN7O6S/c1-25(2)45(26(3)4)35(46)31-18-28(38)9-12-32(31)51-33-19-39-24-40-34(33)43-22-37(23-43)13-16-42(17-14-37)20-27-7-10-30(11-8-27)52(49,50)44-15-5-6-29(21-44)41-36(47)48/h7-12,18-19,24-26,29,41H,5-6,13-17,20-23H2,1-4H3,(H,47,48)/t29-/m1/s1. The van der Waals surface area contributed by atoms with Crippen molar-refractivity contribution in [3.63, 3.8) is 0 Å². The first kappa shape index (κ1) is 37.4. The summed E-state index contributed by atoms with van der Waals surface area (Å²) in [6.07, 6.45) is 5.10. The number of piperidine rings is 2. The maximum absolute atomic E-state index is 14.4. The minimum Gasteiger partial charge on any atom is -0.465 e. The average molecular weight is 738 g/mol. The minimum atomic E-state index is -3.73. The first-order chi connectivity index (χ1) is 24.7. The zero-order valence-corrected chi connectivity index (χ0v) is 31.0. The number of rotatable bonds is 11. The second-order valence-corrected chi connectivity index (χ2v) is 16.7. The molecule has 3 aliphatic heterocycles. The van der Waals surface area contributed by atoms with E-state index in [0.717, 1.165) is 44.6 Å². The van der Waals surface area contributed by atoms with E-state index < -0.39 is 28.0 Å². The van der Waals surface area contributed by atoms with Gasteiger partial charge in [-0.3, -0.25) is 9.69 Å². The number of benzene rings is 2. The van der Waals surface area contributed by atoms with Gasteiger partial charge in [-0.15, -0.1) is 0 Å². The molecule has 2 amide bonds. The number of anilines is 1. The van der Waals surface area contributed by atoms with Crippen LogP contribution in [-0.4, -0.2) is 107 Å². The summed E-state index contributed by atoms with van der Waals surface area (Å²) in [5, 5.41) is 11.5. The number of carboxylic acid groups (broad SMARTS) is 1.